The number of benzene rings is 21. The van der Waals surface area contributed by atoms with E-state index in [4.69, 9.17) is 4.42 Å². The zero-order valence-electron chi connectivity index (χ0n) is 72.2. The monoisotopic (exact) mass is 1680 g/mol. The summed E-state index contributed by atoms with van der Waals surface area (Å²) in [6.07, 6.45) is 0. The van der Waals surface area contributed by atoms with Crippen LogP contribution in [0.1, 0.15) is 0 Å². The highest BCUT2D eigenvalue weighted by atomic mass is 16.3. The number of fused-ring (bicyclic) bond motifs is 12. The van der Waals surface area contributed by atoms with Gasteiger partial charge in [0.05, 0.1) is 33.1 Å². The Balaban J connectivity index is 0.000000146. The minimum absolute atomic E-state index is 0.896. The summed E-state index contributed by atoms with van der Waals surface area (Å²) in [5, 5.41) is 9.78. The van der Waals surface area contributed by atoms with E-state index >= 15 is 0 Å². The number of furan rings is 1. The second-order valence-corrected chi connectivity index (χ2v) is 33.9. The molecule has 6 heteroatoms. The normalized spacial score (nSPS) is 11.5. The Morgan fingerprint density at radius 3 is 0.682 bits per heavy atom. The lowest BCUT2D eigenvalue weighted by Gasteiger charge is -2.26. The van der Waals surface area contributed by atoms with Crippen molar-refractivity contribution in [2.24, 2.45) is 0 Å². The van der Waals surface area contributed by atoms with Crippen LogP contribution in [-0.2, 0) is 0 Å². The van der Waals surface area contributed by atoms with Gasteiger partial charge in [0.25, 0.3) is 0 Å². The Hall–Kier alpha value is -17.6. The van der Waals surface area contributed by atoms with E-state index in [1.807, 2.05) is 12.1 Å². The summed E-state index contributed by atoms with van der Waals surface area (Å²) in [6.45, 7) is 0. The molecule has 0 aliphatic carbocycles. The molecule has 0 aliphatic heterocycles. The van der Waals surface area contributed by atoms with Crippen molar-refractivity contribution in [3.63, 3.8) is 0 Å². The van der Waals surface area contributed by atoms with Gasteiger partial charge in [-0.2, -0.15) is 0 Å². The maximum Gasteiger partial charge on any atom is 0.136 e. The van der Waals surface area contributed by atoms with Gasteiger partial charge in [-0.05, 0) is 295 Å². The number of aromatic nitrogens is 3. The first-order chi connectivity index (χ1) is 65.4. The van der Waals surface area contributed by atoms with Gasteiger partial charge in [0.1, 0.15) is 11.2 Å². The first-order valence-electron chi connectivity index (χ1n) is 45.1. The fraction of sp³-hybridized carbons (Fsp3) is 0. The van der Waals surface area contributed by atoms with E-state index in [-0.39, 0.29) is 0 Å². The molecule has 0 fully saturated rings. The molecular formula is C126H85N5O. The molecule has 21 aromatic carbocycles. The van der Waals surface area contributed by atoms with E-state index in [1.54, 1.807) is 0 Å². The molecule has 0 unspecified atom stereocenters. The predicted octanol–water partition coefficient (Wildman–Crippen LogP) is 34.8. The van der Waals surface area contributed by atoms with Gasteiger partial charge in [0.15, 0.2) is 0 Å². The smallest absolute Gasteiger partial charge is 0.136 e. The van der Waals surface area contributed by atoms with E-state index in [2.05, 4.69) is 527 Å². The standard InChI is InChI=1S/C66H45N3.C60H40N2O/c1-4-16-46(17-5-1)51-42-52(47-18-6-2-7-19-47)44-53(43-51)49-30-35-56(36-31-49)67(57-37-39-58(40-38-57)69-63-25-13-10-22-59(63)60-23-11-14-26-64(60)69)55-33-28-48(29-34-55)50-32-41-66-62(45-50)61-24-12-15-27-65(61)68(66)54-20-8-3-9-21-54;1-3-13-41(14-4-1)46-37-47(42-15-5-2-6-16-42)39-48(38-46)44-25-30-50(31-26-44)61(49-28-23-43(24-29-49)45-27-36-56-55-19-9-12-22-59(55)63-60(56)40-45)51-32-34-52(35-33-51)62-57-20-10-7-17-53(57)54-18-8-11-21-58(54)62/h1-45H;1-40H. The summed E-state index contributed by atoms with van der Waals surface area (Å²) >= 11 is 0. The van der Waals surface area contributed by atoms with Crippen molar-refractivity contribution in [3.05, 3.63) is 516 Å². The molecule has 0 aliphatic rings. The molecule has 0 atom stereocenters. The number of rotatable bonds is 17. The number of anilines is 6. The first-order valence-corrected chi connectivity index (χ1v) is 45.1. The van der Waals surface area contributed by atoms with Crippen molar-refractivity contribution >= 4 is 121 Å². The maximum absolute atomic E-state index is 6.27. The number of hydrogen-bond donors (Lipinski definition) is 0. The minimum atomic E-state index is 0.896. The summed E-state index contributed by atoms with van der Waals surface area (Å²) in [6, 6.07) is 186. The van der Waals surface area contributed by atoms with Gasteiger partial charge in [-0.15, -0.1) is 0 Å². The molecule has 0 bridgehead atoms. The second-order valence-electron chi connectivity index (χ2n) is 33.9. The van der Waals surface area contributed by atoms with Gasteiger partial charge in [0, 0.05) is 94.3 Å². The Labute approximate surface area is 765 Å². The van der Waals surface area contributed by atoms with Crippen molar-refractivity contribution in [1.82, 2.24) is 13.7 Å². The third kappa shape index (κ3) is 14.5. The molecule has 4 aromatic heterocycles. The molecule has 0 N–H and O–H groups in total. The Bertz CT molecular complexity index is 8340. The molecule has 0 saturated heterocycles. The molecule has 132 heavy (non-hydrogen) atoms. The third-order valence-corrected chi connectivity index (χ3v) is 26.1. The van der Waals surface area contributed by atoms with Crippen LogP contribution in [0.3, 0.4) is 0 Å². The van der Waals surface area contributed by atoms with Crippen LogP contribution in [0.2, 0.25) is 0 Å². The molecule has 6 nitrogen and oxygen atoms in total. The van der Waals surface area contributed by atoms with Gasteiger partial charge in [0.2, 0.25) is 0 Å². The van der Waals surface area contributed by atoms with Crippen LogP contribution in [0, 0.1) is 0 Å². The lowest BCUT2D eigenvalue weighted by Crippen LogP contribution is -2.10. The van der Waals surface area contributed by atoms with Crippen molar-refractivity contribution in [3.8, 4) is 106 Å². The fourth-order valence-electron chi connectivity index (χ4n) is 19.7. The lowest BCUT2D eigenvalue weighted by atomic mass is 9.93. The average Bonchev–Trinajstić information content (AvgIpc) is 1.39. The fourth-order valence-corrected chi connectivity index (χ4v) is 19.7. The van der Waals surface area contributed by atoms with Crippen molar-refractivity contribution < 1.29 is 4.42 Å². The van der Waals surface area contributed by atoms with Crippen molar-refractivity contribution in [1.29, 1.82) is 0 Å². The molecule has 0 radical (unpaired) electrons. The topological polar surface area (TPSA) is 34.4 Å². The zero-order chi connectivity index (χ0) is 87.4. The number of hydrogen-bond acceptors (Lipinski definition) is 3. The Kier molecular flexibility index (Phi) is 19.9. The Morgan fingerprint density at radius 1 is 0.129 bits per heavy atom. The molecule has 0 amide bonds. The van der Waals surface area contributed by atoms with Gasteiger partial charge in [-0.25, -0.2) is 0 Å². The molecule has 4 heterocycles. The Morgan fingerprint density at radius 2 is 0.348 bits per heavy atom. The van der Waals surface area contributed by atoms with Crippen LogP contribution < -0.4 is 9.80 Å². The van der Waals surface area contributed by atoms with Gasteiger partial charge in [-0.1, -0.05) is 309 Å². The predicted molar refractivity (Wildman–Crippen MR) is 556 cm³/mol. The summed E-state index contributed by atoms with van der Waals surface area (Å²) in [4.78, 5) is 4.72. The molecule has 25 aromatic rings. The van der Waals surface area contributed by atoms with E-state index in [0.717, 1.165) is 95.4 Å². The van der Waals surface area contributed by atoms with E-state index in [9.17, 15) is 0 Å². The van der Waals surface area contributed by atoms with Crippen LogP contribution >= 0.6 is 0 Å². The molecule has 620 valence electrons. The summed E-state index contributed by atoms with van der Waals surface area (Å²) in [5.74, 6) is 0. The quantitative estimate of drug-likeness (QED) is 0.0911. The zero-order valence-corrected chi connectivity index (χ0v) is 72.2. The minimum Gasteiger partial charge on any atom is -0.456 e. The second kappa shape index (κ2) is 33.6. The van der Waals surface area contributed by atoms with Crippen LogP contribution in [0.5, 0.6) is 0 Å². The highest BCUT2D eigenvalue weighted by Crippen LogP contribution is 2.46. The van der Waals surface area contributed by atoms with Crippen LogP contribution in [0.15, 0.2) is 520 Å². The van der Waals surface area contributed by atoms with Crippen molar-refractivity contribution in [2.45, 2.75) is 0 Å². The third-order valence-electron chi connectivity index (χ3n) is 26.1. The highest BCUT2D eigenvalue weighted by molar-refractivity contribution is 6.13. The lowest BCUT2D eigenvalue weighted by molar-refractivity contribution is 0.669. The van der Waals surface area contributed by atoms with E-state index in [0.29, 0.717) is 0 Å². The van der Waals surface area contributed by atoms with Crippen molar-refractivity contribution in [2.75, 3.05) is 9.80 Å². The number of para-hydroxylation sites is 7. The van der Waals surface area contributed by atoms with E-state index in [1.165, 1.54) is 132 Å². The summed E-state index contributed by atoms with van der Waals surface area (Å²) in [5.41, 5.74) is 37.7. The molecule has 0 spiro atoms. The van der Waals surface area contributed by atoms with Gasteiger partial charge in [-0.3, -0.25) is 0 Å². The van der Waals surface area contributed by atoms with Gasteiger partial charge < -0.3 is 27.9 Å². The maximum atomic E-state index is 6.27. The molecular weight excluding hydrogens is 1600 g/mol. The summed E-state index contributed by atoms with van der Waals surface area (Å²) < 4.78 is 13.4. The SMILES string of the molecule is c1ccc(-c2cc(-c3ccccc3)cc(-c3ccc(N(c4ccc(-c5ccc6c(c5)c5ccccc5n6-c5ccccc5)cc4)c4ccc(-n5c6ccccc6c6ccccc65)cc4)cc3)c2)cc1.c1ccc(-c2cc(-c3ccccc3)cc(-c3ccc(N(c4ccc(-c5ccc6c(c5)oc5ccccc56)cc4)c4ccc(-n5c6ccccc6c6ccccc65)cc4)cc3)c2)cc1. The summed E-state index contributed by atoms with van der Waals surface area (Å²) in [7, 11) is 0. The number of nitrogens with zero attached hydrogens (tertiary/aromatic N) is 5. The van der Waals surface area contributed by atoms with Crippen LogP contribution in [0.4, 0.5) is 34.1 Å². The van der Waals surface area contributed by atoms with Gasteiger partial charge >= 0.3 is 0 Å². The highest BCUT2D eigenvalue weighted by Gasteiger charge is 2.23. The average molecular weight is 1690 g/mol. The molecule has 0 saturated carbocycles. The van der Waals surface area contributed by atoms with E-state index < -0.39 is 0 Å². The molecule has 25 rings (SSSR count). The van der Waals surface area contributed by atoms with Crippen LogP contribution in [0.25, 0.3) is 193 Å². The first kappa shape index (κ1) is 77.9. The largest absolute Gasteiger partial charge is 0.456 e. The van der Waals surface area contributed by atoms with Crippen LogP contribution in [-0.4, -0.2) is 13.7 Å².